The first-order valence-corrected chi connectivity index (χ1v) is 6.33. The number of aromatic nitrogens is 2. The highest BCUT2D eigenvalue weighted by Crippen LogP contribution is 2.21. The van der Waals surface area contributed by atoms with Gasteiger partial charge in [0.2, 0.25) is 5.91 Å². The summed E-state index contributed by atoms with van der Waals surface area (Å²) in [6, 6.07) is 7.53. The smallest absolute Gasteiger partial charge is 0.224 e. The molecule has 0 spiro atoms. The number of nitrogens with one attached hydrogen (secondary N) is 1. The molecule has 0 saturated heterocycles. The van der Waals surface area contributed by atoms with Crippen LogP contribution in [-0.2, 0) is 11.2 Å². The van der Waals surface area contributed by atoms with Gasteiger partial charge in [-0.1, -0.05) is 12.1 Å². The average Bonchev–Trinajstić information content (AvgIpc) is 2.40. The third-order valence-electron chi connectivity index (χ3n) is 2.40. The molecule has 92 valence electrons. The Morgan fingerprint density at radius 3 is 2.67 bits per heavy atom. The second-order valence-electron chi connectivity index (χ2n) is 3.77. The largest absolute Gasteiger partial charge is 0.325 e. The van der Waals surface area contributed by atoms with Crippen LogP contribution < -0.4 is 5.32 Å². The molecular weight excluding hydrogens is 294 g/mol. The van der Waals surface area contributed by atoms with E-state index in [0.29, 0.717) is 12.8 Å². The van der Waals surface area contributed by atoms with Crippen LogP contribution in [0.25, 0.3) is 0 Å². The van der Waals surface area contributed by atoms with Crippen LogP contribution in [0, 0.1) is 0 Å². The highest BCUT2D eigenvalue weighted by Gasteiger charge is 2.05. The summed E-state index contributed by atoms with van der Waals surface area (Å²) in [6.45, 7) is 0. The van der Waals surface area contributed by atoms with Gasteiger partial charge in [-0.25, -0.2) is 9.97 Å². The monoisotopic (exact) mass is 305 g/mol. The number of amides is 1. The second-order valence-corrected chi connectivity index (χ2v) is 4.63. The first kappa shape index (κ1) is 12.7. The maximum absolute atomic E-state index is 11.8. The zero-order chi connectivity index (χ0) is 12.8. The van der Waals surface area contributed by atoms with Crippen molar-refractivity contribution in [3.8, 4) is 0 Å². The van der Waals surface area contributed by atoms with Crippen molar-refractivity contribution >= 4 is 27.5 Å². The number of nitrogens with zero attached hydrogens (tertiary/aromatic N) is 2. The van der Waals surface area contributed by atoms with Gasteiger partial charge in [0.1, 0.15) is 6.33 Å². The first-order chi connectivity index (χ1) is 8.75. The lowest BCUT2D eigenvalue weighted by Gasteiger charge is -2.06. The number of carbonyl (C=O) groups is 1. The SMILES string of the molecule is O=C(CCc1cncnc1)Nc1ccccc1Br. The Bertz CT molecular complexity index is 531. The summed E-state index contributed by atoms with van der Waals surface area (Å²) in [4.78, 5) is 19.6. The highest BCUT2D eigenvalue weighted by atomic mass is 79.9. The third-order valence-corrected chi connectivity index (χ3v) is 3.09. The zero-order valence-electron chi connectivity index (χ0n) is 9.64. The minimum atomic E-state index is -0.0225. The number of carbonyl (C=O) groups excluding carboxylic acids is 1. The van der Waals surface area contributed by atoms with Gasteiger partial charge < -0.3 is 5.32 Å². The van der Waals surface area contributed by atoms with E-state index in [-0.39, 0.29) is 5.91 Å². The van der Waals surface area contributed by atoms with E-state index in [2.05, 4.69) is 31.2 Å². The molecule has 0 radical (unpaired) electrons. The van der Waals surface area contributed by atoms with Gasteiger partial charge in [0.05, 0.1) is 5.69 Å². The van der Waals surface area contributed by atoms with Gasteiger partial charge >= 0.3 is 0 Å². The van der Waals surface area contributed by atoms with Crippen LogP contribution in [0.3, 0.4) is 0 Å². The predicted molar refractivity (Wildman–Crippen MR) is 73.1 cm³/mol. The summed E-state index contributed by atoms with van der Waals surface area (Å²) in [5.41, 5.74) is 1.74. The van der Waals surface area contributed by atoms with Crippen molar-refractivity contribution < 1.29 is 4.79 Å². The van der Waals surface area contributed by atoms with E-state index in [9.17, 15) is 4.79 Å². The van der Waals surface area contributed by atoms with Crippen molar-refractivity contribution in [1.82, 2.24) is 9.97 Å². The van der Waals surface area contributed by atoms with Crippen molar-refractivity contribution in [2.45, 2.75) is 12.8 Å². The first-order valence-electron chi connectivity index (χ1n) is 5.54. The highest BCUT2D eigenvalue weighted by molar-refractivity contribution is 9.10. The summed E-state index contributed by atoms with van der Waals surface area (Å²) in [5, 5.41) is 2.85. The normalized spacial score (nSPS) is 10.1. The fourth-order valence-corrected chi connectivity index (χ4v) is 1.88. The van der Waals surface area contributed by atoms with E-state index < -0.39 is 0 Å². The molecule has 2 aromatic rings. The molecule has 0 aliphatic heterocycles. The lowest BCUT2D eigenvalue weighted by molar-refractivity contribution is -0.116. The van der Waals surface area contributed by atoms with Gasteiger partial charge in [-0.3, -0.25) is 4.79 Å². The number of benzene rings is 1. The molecular formula is C13H12BrN3O. The molecule has 2 rings (SSSR count). The maximum atomic E-state index is 11.8. The van der Waals surface area contributed by atoms with Crippen molar-refractivity contribution in [3.05, 3.63) is 53.0 Å². The Kier molecular flexibility index (Phi) is 4.41. The molecule has 0 saturated carbocycles. The Morgan fingerprint density at radius 1 is 1.22 bits per heavy atom. The molecule has 0 fully saturated rings. The molecule has 1 aromatic heterocycles. The number of anilines is 1. The topological polar surface area (TPSA) is 54.9 Å². The predicted octanol–water partition coefficient (Wildman–Crippen LogP) is 2.81. The summed E-state index contributed by atoms with van der Waals surface area (Å²) < 4.78 is 0.876. The molecule has 18 heavy (non-hydrogen) atoms. The van der Waals surface area contributed by atoms with Crippen molar-refractivity contribution in [3.63, 3.8) is 0 Å². The fraction of sp³-hybridized carbons (Fsp3) is 0.154. The standard InChI is InChI=1S/C13H12BrN3O/c14-11-3-1-2-4-12(11)17-13(18)6-5-10-7-15-9-16-8-10/h1-4,7-9H,5-6H2,(H,17,18). The van der Waals surface area contributed by atoms with Crippen LogP contribution in [-0.4, -0.2) is 15.9 Å². The van der Waals surface area contributed by atoms with E-state index in [1.54, 1.807) is 12.4 Å². The molecule has 0 unspecified atom stereocenters. The van der Waals surface area contributed by atoms with Gasteiger partial charge in [0, 0.05) is 23.3 Å². The second kappa shape index (κ2) is 6.26. The quantitative estimate of drug-likeness (QED) is 0.945. The third kappa shape index (κ3) is 3.63. The Morgan fingerprint density at radius 2 is 1.94 bits per heavy atom. The minimum Gasteiger partial charge on any atom is -0.325 e. The average molecular weight is 306 g/mol. The lowest BCUT2D eigenvalue weighted by atomic mass is 10.2. The Hall–Kier alpha value is -1.75. The fourth-order valence-electron chi connectivity index (χ4n) is 1.49. The van der Waals surface area contributed by atoms with Crippen LogP contribution in [0.15, 0.2) is 47.5 Å². The van der Waals surface area contributed by atoms with Gasteiger partial charge in [-0.2, -0.15) is 0 Å². The van der Waals surface area contributed by atoms with E-state index in [0.717, 1.165) is 15.7 Å². The van der Waals surface area contributed by atoms with Crippen LogP contribution in [0.2, 0.25) is 0 Å². The molecule has 4 nitrogen and oxygen atoms in total. The molecule has 1 aromatic carbocycles. The number of para-hydroxylation sites is 1. The molecule has 5 heteroatoms. The lowest BCUT2D eigenvalue weighted by Crippen LogP contribution is -2.12. The maximum Gasteiger partial charge on any atom is 0.224 e. The van der Waals surface area contributed by atoms with Crippen LogP contribution in [0.1, 0.15) is 12.0 Å². The van der Waals surface area contributed by atoms with Gasteiger partial charge in [0.25, 0.3) is 0 Å². The Labute approximate surface area is 114 Å². The van der Waals surface area contributed by atoms with E-state index in [4.69, 9.17) is 0 Å². The van der Waals surface area contributed by atoms with Gasteiger partial charge in [-0.05, 0) is 40.0 Å². The van der Waals surface area contributed by atoms with E-state index in [1.165, 1.54) is 6.33 Å². The summed E-state index contributed by atoms with van der Waals surface area (Å²) in [5.74, 6) is -0.0225. The summed E-state index contributed by atoms with van der Waals surface area (Å²) in [7, 11) is 0. The molecule has 1 N–H and O–H groups in total. The molecule has 0 bridgehead atoms. The van der Waals surface area contributed by atoms with Crippen molar-refractivity contribution in [2.75, 3.05) is 5.32 Å². The van der Waals surface area contributed by atoms with Gasteiger partial charge in [0.15, 0.2) is 0 Å². The van der Waals surface area contributed by atoms with Crippen LogP contribution in [0.5, 0.6) is 0 Å². The summed E-state index contributed by atoms with van der Waals surface area (Å²) >= 11 is 3.39. The number of aryl methyl sites for hydroxylation is 1. The van der Waals surface area contributed by atoms with E-state index >= 15 is 0 Å². The van der Waals surface area contributed by atoms with Crippen molar-refractivity contribution in [2.24, 2.45) is 0 Å². The molecule has 1 heterocycles. The van der Waals surface area contributed by atoms with E-state index in [1.807, 2.05) is 24.3 Å². The molecule has 0 atom stereocenters. The molecule has 1 amide bonds. The summed E-state index contributed by atoms with van der Waals surface area (Å²) in [6.07, 6.45) is 5.97. The number of halogens is 1. The van der Waals surface area contributed by atoms with Gasteiger partial charge in [-0.15, -0.1) is 0 Å². The van der Waals surface area contributed by atoms with Crippen LogP contribution in [0.4, 0.5) is 5.69 Å². The minimum absolute atomic E-state index is 0.0225. The Balaban J connectivity index is 1.88. The molecule has 0 aliphatic carbocycles. The van der Waals surface area contributed by atoms with Crippen LogP contribution >= 0.6 is 15.9 Å². The number of rotatable bonds is 4. The van der Waals surface area contributed by atoms with Crippen molar-refractivity contribution in [1.29, 1.82) is 0 Å². The number of hydrogen-bond acceptors (Lipinski definition) is 3. The number of hydrogen-bond donors (Lipinski definition) is 1. The molecule has 0 aliphatic rings. The zero-order valence-corrected chi connectivity index (χ0v) is 11.2.